The summed E-state index contributed by atoms with van der Waals surface area (Å²) >= 11 is 0. The molecule has 0 aliphatic rings. The second-order valence-electron chi connectivity index (χ2n) is 12.4. The molecule has 0 saturated heterocycles. The third-order valence-electron chi connectivity index (χ3n) is 8.49. The maximum Gasteiger partial charge on any atom is 0.230 e. The number of Topliss-reactive ketones (excluding diaryl/α,β-unsaturated/α-hetero) is 1. The number of nitrogens with one attached hydrogen (secondary N) is 1. The van der Waals surface area contributed by atoms with Crippen LogP contribution in [-0.2, 0) is 9.59 Å². The van der Waals surface area contributed by atoms with Crippen LogP contribution in [0, 0.1) is 5.92 Å². The first-order chi connectivity index (χ1) is 19.7. The number of aliphatic hydroxyl groups is 1. The lowest BCUT2D eigenvalue weighted by atomic mass is 9.92. The Kier molecular flexibility index (Phi) is 31.9. The Morgan fingerprint density at radius 2 is 0.825 bits per heavy atom. The fraction of sp³-hybridized carbons (Fsp3) is 0.944. The van der Waals surface area contributed by atoms with Gasteiger partial charge in [-0.05, 0) is 12.8 Å². The number of hydrogen-bond donors (Lipinski definition) is 2. The molecule has 0 heterocycles. The van der Waals surface area contributed by atoms with Crippen molar-refractivity contribution in [2.24, 2.45) is 5.92 Å². The van der Waals surface area contributed by atoms with E-state index < -0.39 is 5.92 Å². The number of carbonyl (C=O) groups is 2. The quantitative estimate of drug-likeness (QED) is 0.0614. The third kappa shape index (κ3) is 27.3. The summed E-state index contributed by atoms with van der Waals surface area (Å²) in [6, 6.07) is 0. The van der Waals surface area contributed by atoms with E-state index in [1.54, 1.807) is 0 Å². The van der Waals surface area contributed by atoms with Crippen molar-refractivity contribution < 1.29 is 14.7 Å². The van der Waals surface area contributed by atoms with Gasteiger partial charge < -0.3 is 10.4 Å². The lowest BCUT2D eigenvalue weighted by Crippen LogP contribution is -2.36. The van der Waals surface area contributed by atoms with Gasteiger partial charge in [0.1, 0.15) is 5.78 Å². The zero-order valence-electron chi connectivity index (χ0n) is 27.3. The van der Waals surface area contributed by atoms with Crippen molar-refractivity contribution in [1.82, 2.24) is 5.32 Å². The molecule has 2 N–H and O–H groups in total. The molecule has 0 spiro atoms. The van der Waals surface area contributed by atoms with Crippen molar-refractivity contribution in [3.8, 4) is 0 Å². The number of aliphatic hydroxyl groups excluding tert-OH is 1. The highest BCUT2D eigenvalue weighted by molar-refractivity contribution is 6.01. The number of hydrogen-bond acceptors (Lipinski definition) is 3. The molecular weight excluding hydrogens is 494 g/mol. The van der Waals surface area contributed by atoms with E-state index in [9.17, 15) is 9.59 Å². The van der Waals surface area contributed by atoms with Gasteiger partial charge in [-0.25, -0.2) is 0 Å². The maximum absolute atomic E-state index is 12.9. The van der Waals surface area contributed by atoms with Crippen LogP contribution in [-0.4, -0.2) is 29.9 Å². The van der Waals surface area contributed by atoms with Crippen LogP contribution in [0.3, 0.4) is 0 Å². The van der Waals surface area contributed by atoms with Gasteiger partial charge in [-0.15, -0.1) is 0 Å². The van der Waals surface area contributed by atoms with Crippen LogP contribution >= 0.6 is 0 Å². The van der Waals surface area contributed by atoms with Crippen molar-refractivity contribution in [3.05, 3.63) is 0 Å². The molecule has 0 aromatic heterocycles. The van der Waals surface area contributed by atoms with Gasteiger partial charge in [0.25, 0.3) is 0 Å². The maximum atomic E-state index is 12.9. The molecular formula is C36H71NO3. The van der Waals surface area contributed by atoms with Gasteiger partial charge in [0, 0.05) is 13.0 Å². The molecule has 0 aromatic rings. The molecule has 1 atom stereocenters. The van der Waals surface area contributed by atoms with E-state index in [-0.39, 0.29) is 24.8 Å². The Balaban J connectivity index is 3.85. The molecule has 1 unspecified atom stereocenters. The second-order valence-corrected chi connectivity index (χ2v) is 12.4. The fourth-order valence-electron chi connectivity index (χ4n) is 5.77. The fourth-order valence-corrected chi connectivity index (χ4v) is 5.77. The smallest absolute Gasteiger partial charge is 0.230 e. The van der Waals surface area contributed by atoms with Gasteiger partial charge in [-0.1, -0.05) is 181 Å². The van der Waals surface area contributed by atoms with Crippen molar-refractivity contribution >= 4 is 11.7 Å². The summed E-state index contributed by atoms with van der Waals surface area (Å²) in [5.41, 5.74) is 0. The van der Waals surface area contributed by atoms with E-state index in [0.29, 0.717) is 12.8 Å². The normalized spacial score (nSPS) is 12.1. The van der Waals surface area contributed by atoms with Crippen LogP contribution in [0.15, 0.2) is 0 Å². The standard InChI is InChI=1S/C36H71NO3/c1-3-5-7-9-11-13-15-17-18-19-21-23-25-27-29-31-35(39)34(36(40)37-32-33-38)30-28-26-24-22-20-16-14-12-10-8-6-4-2/h34,38H,3-33H2,1-2H3,(H,37,40). The Labute approximate surface area is 250 Å². The molecule has 0 bridgehead atoms. The van der Waals surface area contributed by atoms with Crippen LogP contribution < -0.4 is 5.32 Å². The Hall–Kier alpha value is -0.900. The van der Waals surface area contributed by atoms with Crippen molar-refractivity contribution in [2.75, 3.05) is 13.2 Å². The van der Waals surface area contributed by atoms with Gasteiger partial charge >= 0.3 is 0 Å². The number of carbonyl (C=O) groups excluding carboxylic acids is 2. The van der Waals surface area contributed by atoms with Gasteiger partial charge in [0.05, 0.1) is 12.5 Å². The highest BCUT2D eigenvalue weighted by Gasteiger charge is 2.25. The summed E-state index contributed by atoms with van der Waals surface area (Å²) in [4.78, 5) is 25.5. The summed E-state index contributed by atoms with van der Waals surface area (Å²) < 4.78 is 0. The van der Waals surface area contributed by atoms with E-state index in [1.807, 2.05) is 0 Å². The summed E-state index contributed by atoms with van der Waals surface area (Å²) in [5.74, 6) is -0.599. The molecule has 1 amide bonds. The van der Waals surface area contributed by atoms with E-state index in [1.165, 1.54) is 148 Å². The zero-order chi connectivity index (χ0) is 29.4. The van der Waals surface area contributed by atoms with Crippen molar-refractivity contribution in [3.63, 3.8) is 0 Å². The Bertz CT molecular complexity index is 536. The van der Waals surface area contributed by atoms with E-state index >= 15 is 0 Å². The minimum atomic E-state index is -0.527. The first-order valence-electron chi connectivity index (χ1n) is 18.1. The Morgan fingerprint density at radius 3 is 1.18 bits per heavy atom. The minimum absolute atomic E-state index is 0.0791. The number of rotatable bonds is 33. The summed E-state index contributed by atoms with van der Waals surface area (Å²) in [6.45, 7) is 4.70. The SMILES string of the molecule is CCCCCCCCCCCCCCCCCC(=O)C(CCCCCCCCCCCCCC)C(=O)NCCO. The molecule has 4 heteroatoms. The average molecular weight is 566 g/mol. The van der Waals surface area contributed by atoms with Crippen molar-refractivity contribution in [2.45, 2.75) is 200 Å². The molecule has 40 heavy (non-hydrogen) atoms. The molecule has 4 nitrogen and oxygen atoms in total. The lowest BCUT2D eigenvalue weighted by molar-refractivity contribution is -0.134. The van der Waals surface area contributed by atoms with Crippen LogP contribution in [0.2, 0.25) is 0 Å². The van der Waals surface area contributed by atoms with Crippen LogP contribution in [0.1, 0.15) is 200 Å². The lowest BCUT2D eigenvalue weighted by Gasteiger charge is -2.15. The summed E-state index contributed by atoms with van der Waals surface area (Å²) in [6.07, 6.45) is 36.3. The zero-order valence-corrected chi connectivity index (χ0v) is 27.3. The first kappa shape index (κ1) is 39.1. The van der Waals surface area contributed by atoms with Crippen molar-refractivity contribution in [1.29, 1.82) is 0 Å². The van der Waals surface area contributed by atoms with Crippen LogP contribution in [0.5, 0.6) is 0 Å². The highest BCUT2D eigenvalue weighted by Crippen LogP contribution is 2.19. The molecule has 0 aromatic carbocycles. The van der Waals surface area contributed by atoms with E-state index in [2.05, 4.69) is 19.2 Å². The molecule has 0 rings (SSSR count). The number of amides is 1. The molecule has 0 radical (unpaired) electrons. The van der Waals surface area contributed by atoms with E-state index in [4.69, 9.17) is 5.11 Å². The molecule has 238 valence electrons. The predicted molar refractivity (Wildman–Crippen MR) is 174 cm³/mol. The topological polar surface area (TPSA) is 66.4 Å². The van der Waals surface area contributed by atoms with Gasteiger partial charge in [-0.2, -0.15) is 0 Å². The minimum Gasteiger partial charge on any atom is -0.395 e. The predicted octanol–water partition coefficient (Wildman–Crippen LogP) is 10.6. The first-order valence-corrected chi connectivity index (χ1v) is 18.1. The number of unbranched alkanes of at least 4 members (excludes halogenated alkanes) is 25. The van der Waals surface area contributed by atoms with Crippen LogP contribution in [0.4, 0.5) is 0 Å². The van der Waals surface area contributed by atoms with Gasteiger partial charge in [0.15, 0.2) is 0 Å². The second kappa shape index (κ2) is 32.6. The largest absolute Gasteiger partial charge is 0.395 e. The van der Waals surface area contributed by atoms with Crippen LogP contribution in [0.25, 0.3) is 0 Å². The van der Waals surface area contributed by atoms with Gasteiger partial charge in [0.2, 0.25) is 5.91 Å². The van der Waals surface area contributed by atoms with E-state index in [0.717, 1.165) is 25.7 Å². The number of ketones is 1. The molecule has 0 fully saturated rings. The molecule has 0 aliphatic heterocycles. The summed E-state index contributed by atoms with van der Waals surface area (Å²) in [5, 5.41) is 11.8. The molecule has 0 aliphatic carbocycles. The average Bonchev–Trinajstić information content (AvgIpc) is 2.96. The monoisotopic (exact) mass is 566 g/mol. The van der Waals surface area contributed by atoms with Gasteiger partial charge in [-0.3, -0.25) is 9.59 Å². The highest BCUT2D eigenvalue weighted by atomic mass is 16.3. The molecule has 0 saturated carbocycles. The third-order valence-corrected chi connectivity index (χ3v) is 8.49. The summed E-state index contributed by atoms with van der Waals surface area (Å²) in [7, 11) is 0. The Morgan fingerprint density at radius 1 is 0.500 bits per heavy atom.